The fourth-order valence-electron chi connectivity index (χ4n) is 1.42. The molecule has 2 rings (SSSR count). The van der Waals surface area contributed by atoms with Gasteiger partial charge in [-0.2, -0.15) is 11.3 Å². The molecule has 1 heterocycles. The van der Waals surface area contributed by atoms with Gasteiger partial charge in [0, 0.05) is 16.8 Å². The number of carbonyl (C=O) groups excluding carboxylic acids is 1. The largest absolute Gasteiger partial charge is 0.399 e. The van der Waals surface area contributed by atoms with Crippen molar-refractivity contribution in [3.05, 3.63) is 46.2 Å². The number of amides is 1. The quantitative estimate of drug-likeness (QED) is 0.782. The van der Waals surface area contributed by atoms with Crippen molar-refractivity contribution in [1.82, 2.24) is 0 Å². The normalized spacial score (nSPS) is 10.1. The summed E-state index contributed by atoms with van der Waals surface area (Å²) < 4.78 is 0. The van der Waals surface area contributed by atoms with Gasteiger partial charge in [-0.3, -0.25) is 4.79 Å². The zero-order valence-electron chi connectivity index (χ0n) is 8.86. The first-order valence-electron chi connectivity index (χ1n) is 4.86. The van der Waals surface area contributed by atoms with Crippen LogP contribution in [0, 0.1) is 6.92 Å². The Morgan fingerprint density at radius 3 is 2.81 bits per heavy atom. The van der Waals surface area contributed by atoms with Crippen LogP contribution in [0.25, 0.3) is 0 Å². The van der Waals surface area contributed by atoms with Crippen LogP contribution in [0.3, 0.4) is 0 Å². The van der Waals surface area contributed by atoms with E-state index < -0.39 is 0 Å². The van der Waals surface area contributed by atoms with Gasteiger partial charge >= 0.3 is 0 Å². The van der Waals surface area contributed by atoms with Gasteiger partial charge in [0.25, 0.3) is 5.91 Å². The average Bonchev–Trinajstić information content (AvgIpc) is 2.75. The Hall–Kier alpha value is -1.81. The maximum atomic E-state index is 11.8. The highest BCUT2D eigenvalue weighted by atomic mass is 32.1. The molecule has 0 saturated carbocycles. The molecule has 0 unspecified atom stereocenters. The lowest BCUT2D eigenvalue weighted by molar-refractivity contribution is 0.102. The van der Waals surface area contributed by atoms with E-state index >= 15 is 0 Å². The lowest BCUT2D eigenvalue weighted by Gasteiger charge is -2.07. The molecule has 0 atom stereocenters. The van der Waals surface area contributed by atoms with E-state index in [1.165, 1.54) is 11.3 Å². The summed E-state index contributed by atoms with van der Waals surface area (Å²) in [6.45, 7) is 1.92. The van der Waals surface area contributed by atoms with E-state index in [9.17, 15) is 4.79 Å². The van der Waals surface area contributed by atoms with Crippen LogP contribution in [-0.4, -0.2) is 5.91 Å². The predicted molar refractivity (Wildman–Crippen MR) is 67.9 cm³/mol. The summed E-state index contributed by atoms with van der Waals surface area (Å²) in [6, 6.07) is 7.22. The number of anilines is 2. The molecular weight excluding hydrogens is 220 g/mol. The van der Waals surface area contributed by atoms with Crippen molar-refractivity contribution in [3.8, 4) is 0 Å². The molecule has 0 aliphatic heterocycles. The minimum Gasteiger partial charge on any atom is -0.399 e. The van der Waals surface area contributed by atoms with Crippen LogP contribution in [-0.2, 0) is 0 Å². The minimum atomic E-state index is -0.0888. The van der Waals surface area contributed by atoms with Crippen LogP contribution in [0.1, 0.15) is 15.9 Å². The van der Waals surface area contributed by atoms with Crippen LogP contribution in [0.15, 0.2) is 35.0 Å². The zero-order chi connectivity index (χ0) is 11.5. The molecule has 3 nitrogen and oxygen atoms in total. The van der Waals surface area contributed by atoms with Crippen molar-refractivity contribution in [2.24, 2.45) is 0 Å². The third kappa shape index (κ3) is 2.23. The Balaban J connectivity index is 2.18. The Labute approximate surface area is 97.9 Å². The molecule has 0 spiro atoms. The summed E-state index contributed by atoms with van der Waals surface area (Å²) in [4.78, 5) is 11.8. The minimum absolute atomic E-state index is 0.0888. The predicted octanol–water partition coefficient (Wildman–Crippen LogP) is 2.89. The van der Waals surface area contributed by atoms with Crippen molar-refractivity contribution in [1.29, 1.82) is 0 Å². The summed E-state index contributed by atoms with van der Waals surface area (Å²) >= 11 is 1.50. The summed E-state index contributed by atoms with van der Waals surface area (Å²) in [6.07, 6.45) is 0. The number of hydrogen-bond donors (Lipinski definition) is 2. The second-order valence-corrected chi connectivity index (χ2v) is 4.32. The van der Waals surface area contributed by atoms with Crippen molar-refractivity contribution >= 4 is 28.6 Å². The highest BCUT2D eigenvalue weighted by molar-refractivity contribution is 7.08. The summed E-state index contributed by atoms with van der Waals surface area (Å²) in [5.41, 5.74) is 8.78. The van der Waals surface area contributed by atoms with E-state index in [1.54, 1.807) is 12.1 Å². The van der Waals surface area contributed by atoms with E-state index in [2.05, 4.69) is 5.32 Å². The first-order valence-corrected chi connectivity index (χ1v) is 5.81. The lowest BCUT2D eigenvalue weighted by atomic mass is 10.1. The molecule has 1 amide bonds. The van der Waals surface area contributed by atoms with E-state index in [4.69, 9.17) is 5.73 Å². The molecule has 4 heteroatoms. The molecule has 3 N–H and O–H groups in total. The Kier molecular flexibility index (Phi) is 2.92. The number of rotatable bonds is 2. The van der Waals surface area contributed by atoms with Gasteiger partial charge in [-0.05, 0) is 42.1 Å². The van der Waals surface area contributed by atoms with Crippen molar-refractivity contribution in [2.45, 2.75) is 6.92 Å². The summed E-state index contributed by atoms with van der Waals surface area (Å²) in [5, 5.41) is 6.55. The Morgan fingerprint density at radius 1 is 1.38 bits per heavy atom. The number of nitrogen functional groups attached to an aromatic ring is 1. The van der Waals surface area contributed by atoms with Gasteiger partial charge in [0.2, 0.25) is 0 Å². The van der Waals surface area contributed by atoms with Crippen molar-refractivity contribution < 1.29 is 4.79 Å². The second kappa shape index (κ2) is 4.37. The van der Waals surface area contributed by atoms with Crippen LogP contribution in [0.5, 0.6) is 0 Å². The van der Waals surface area contributed by atoms with Gasteiger partial charge in [-0.25, -0.2) is 0 Å². The Morgan fingerprint density at radius 2 is 2.19 bits per heavy atom. The standard InChI is InChI=1S/C12H12N2OS/c1-8-6-10(13)2-3-11(8)14-12(15)9-4-5-16-7-9/h2-7H,13H2,1H3,(H,14,15). The molecule has 82 valence electrons. The number of nitrogens with two attached hydrogens (primary N) is 1. The first kappa shape index (κ1) is 10.7. The highest BCUT2D eigenvalue weighted by Gasteiger charge is 2.07. The van der Waals surface area contributed by atoms with Crippen LogP contribution >= 0.6 is 11.3 Å². The maximum absolute atomic E-state index is 11.8. The second-order valence-electron chi connectivity index (χ2n) is 3.54. The molecule has 2 aromatic rings. The van der Waals surface area contributed by atoms with Crippen LogP contribution < -0.4 is 11.1 Å². The molecule has 16 heavy (non-hydrogen) atoms. The van der Waals surface area contributed by atoms with Crippen LogP contribution in [0.2, 0.25) is 0 Å². The fraction of sp³-hybridized carbons (Fsp3) is 0.0833. The number of hydrogen-bond acceptors (Lipinski definition) is 3. The monoisotopic (exact) mass is 232 g/mol. The van der Waals surface area contributed by atoms with Gasteiger partial charge in [0.05, 0.1) is 5.56 Å². The number of carbonyl (C=O) groups is 1. The number of nitrogens with one attached hydrogen (secondary N) is 1. The van der Waals surface area contributed by atoms with E-state index in [0.29, 0.717) is 11.3 Å². The smallest absolute Gasteiger partial charge is 0.256 e. The zero-order valence-corrected chi connectivity index (χ0v) is 9.67. The first-order chi connectivity index (χ1) is 7.66. The van der Waals surface area contributed by atoms with Gasteiger partial charge < -0.3 is 11.1 Å². The molecule has 1 aromatic carbocycles. The average molecular weight is 232 g/mol. The van der Waals surface area contributed by atoms with E-state index in [1.807, 2.05) is 29.8 Å². The lowest BCUT2D eigenvalue weighted by Crippen LogP contribution is -2.11. The summed E-state index contributed by atoms with van der Waals surface area (Å²) in [5.74, 6) is -0.0888. The molecule has 0 aliphatic carbocycles. The third-order valence-corrected chi connectivity index (χ3v) is 2.97. The molecule has 0 bridgehead atoms. The maximum Gasteiger partial charge on any atom is 0.256 e. The molecule has 0 saturated heterocycles. The van der Waals surface area contributed by atoms with E-state index in [-0.39, 0.29) is 5.91 Å². The van der Waals surface area contributed by atoms with Gasteiger partial charge in [0.15, 0.2) is 0 Å². The third-order valence-electron chi connectivity index (χ3n) is 2.28. The van der Waals surface area contributed by atoms with Crippen molar-refractivity contribution in [3.63, 3.8) is 0 Å². The highest BCUT2D eigenvalue weighted by Crippen LogP contribution is 2.18. The van der Waals surface area contributed by atoms with Crippen molar-refractivity contribution in [2.75, 3.05) is 11.1 Å². The SMILES string of the molecule is Cc1cc(N)ccc1NC(=O)c1ccsc1. The van der Waals surface area contributed by atoms with Gasteiger partial charge in [-0.15, -0.1) is 0 Å². The number of thiophene rings is 1. The van der Waals surface area contributed by atoms with Gasteiger partial charge in [-0.1, -0.05) is 0 Å². The topological polar surface area (TPSA) is 55.1 Å². The summed E-state index contributed by atoms with van der Waals surface area (Å²) in [7, 11) is 0. The van der Waals surface area contributed by atoms with Crippen LogP contribution in [0.4, 0.5) is 11.4 Å². The number of benzene rings is 1. The fourth-order valence-corrected chi connectivity index (χ4v) is 2.05. The molecule has 0 radical (unpaired) electrons. The molecule has 0 aliphatic rings. The molecule has 1 aromatic heterocycles. The molecular formula is C12H12N2OS. The Bertz CT molecular complexity index is 506. The van der Waals surface area contributed by atoms with Gasteiger partial charge in [0.1, 0.15) is 0 Å². The number of aryl methyl sites for hydroxylation is 1. The van der Waals surface area contributed by atoms with E-state index in [0.717, 1.165) is 11.3 Å². The molecule has 0 fully saturated rings.